The molecule has 20 heavy (non-hydrogen) atoms. The van der Waals surface area contributed by atoms with E-state index in [0.29, 0.717) is 5.56 Å². The van der Waals surface area contributed by atoms with Gasteiger partial charge in [0.1, 0.15) is 0 Å². The Kier molecular flexibility index (Phi) is 3.60. The van der Waals surface area contributed by atoms with Crippen LogP contribution in [0.25, 0.3) is 0 Å². The summed E-state index contributed by atoms with van der Waals surface area (Å²) in [7, 11) is -3.90. The van der Waals surface area contributed by atoms with Crippen LogP contribution >= 0.6 is 11.6 Å². The molecule has 2 rings (SSSR count). The Bertz CT molecular complexity index is 683. The molecule has 0 radical (unpaired) electrons. The Balaban J connectivity index is 2.36. The minimum Gasteiger partial charge on any atom is -0.349 e. The summed E-state index contributed by atoms with van der Waals surface area (Å²) in [5.74, 6) is -0.328. The van der Waals surface area contributed by atoms with E-state index in [9.17, 15) is 13.2 Å². The van der Waals surface area contributed by atoms with Crippen molar-refractivity contribution in [2.75, 3.05) is 0 Å². The summed E-state index contributed by atoms with van der Waals surface area (Å²) < 4.78 is 22.8. The van der Waals surface area contributed by atoms with Crippen molar-refractivity contribution in [3.63, 3.8) is 0 Å². The smallest absolute Gasteiger partial charge is 0.251 e. The Morgan fingerprint density at radius 3 is 2.45 bits per heavy atom. The van der Waals surface area contributed by atoms with Crippen molar-refractivity contribution in [2.45, 2.75) is 38.1 Å². The quantitative estimate of drug-likeness (QED) is 0.891. The van der Waals surface area contributed by atoms with Crippen molar-refractivity contribution in [1.82, 2.24) is 5.32 Å². The standard InChI is InChI=1S/C13H17ClN2O3S/c1-7-9(12(17)16-11-6-13(11,2)3)4-8(5-10(7)14)20(15,18)19/h4-5,11H,6H2,1-3H3,(H,16,17)(H2,15,18,19). The lowest BCUT2D eigenvalue weighted by molar-refractivity contribution is 0.0945. The number of benzene rings is 1. The lowest BCUT2D eigenvalue weighted by Gasteiger charge is -2.11. The van der Waals surface area contributed by atoms with Crippen LogP contribution in [-0.2, 0) is 10.0 Å². The molecule has 0 bridgehead atoms. The number of hydrogen-bond acceptors (Lipinski definition) is 3. The molecule has 0 saturated heterocycles. The highest BCUT2D eigenvalue weighted by molar-refractivity contribution is 7.89. The summed E-state index contributed by atoms with van der Waals surface area (Å²) in [6, 6.07) is 2.62. The lowest BCUT2D eigenvalue weighted by Crippen LogP contribution is -2.29. The Morgan fingerprint density at radius 1 is 1.45 bits per heavy atom. The number of hydrogen-bond donors (Lipinski definition) is 2. The Labute approximate surface area is 123 Å². The number of carbonyl (C=O) groups is 1. The number of halogens is 1. The number of nitrogens with two attached hydrogens (primary N) is 1. The highest BCUT2D eigenvalue weighted by Gasteiger charge is 2.46. The van der Waals surface area contributed by atoms with Crippen LogP contribution in [-0.4, -0.2) is 20.4 Å². The van der Waals surface area contributed by atoms with E-state index in [1.54, 1.807) is 6.92 Å². The minimum absolute atomic E-state index is 0.0882. The number of amides is 1. The SMILES string of the molecule is Cc1c(Cl)cc(S(N)(=O)=O)cc1C(=O)NC1CC1(C)C. The van der Waals surface area contributed by atoms with Crippen LogP contribution in [0.2, 0.25) is 5.02 Å². The molecule has 1 aromatic rings. The maximum Gasteiger partial charge on any atom is 0.251 e. The van der Waals surface area contributed by atoms with Crippen molar-refractivity contribution in [3.05, 3.63) is 28.3 Å². The Morgan fingerprint density at radius 2 is 2.00 bits per heavy atom. The normalized spacial score (nSPS) is 20.6. The summed E-state index contributed by atoms with van der Waals surface area (Å²) in [4.78, 5) is 12.1. The first-order valence-electron chi connectivity index (χ1n) is 6.16. The molecular formula is C13H17ClN2O3S. The molecule has 1 aliphatic rings. The second-order valence-corrected chi connectivity index (χ2v) is 7.81. The lowest BCUT2D eigenvalue weighted by atomic mass is 10.1. The van der Waals surface area contributed by atoms with Crippen LogP contribution in [0.4, 0.5) is 0 Å². The third kappa shape index (κ3) is 2.97. The summed E-state index contributed by atoms with van der Waals surface area (Å²) in [5, 5.41) is 8.16. The van der Waals surface area contributed by atoms with Gasteiger partial charge in [-0.05, 0) is 36.5 Å². The first kappa shape index (κ1) is 15.3. The Hall–Kier alpha value is -1.11. The molecule has 5 nitrogen and oxygen atoms in total. The summed E-state index contributed by atoms with van der Waals surface area (Å²) >= 11 is 5.98. The van der Waals surface area contributed by atoms with Gasteiger partial charge in [-0.2, -0.15) is 0 Å². The largest absolute Gasteiger partial charge is 0.349 e. The van der Waals surface area contributed by atoms with Crippen LogP contribution in [0.15, 0.2) is 17.0 Å². The maximum atomic E-state index is 12.2. The van der Waals surface area contributed by atoms with Crippen LogP contribution in [0, 0.1) is 12.3 Å². The zero-order chi connectivity index (χ0) is 15.3. The summed E-state index contributed by atoms with van der Waals surface area (Å²) in [5.41, 5.74) is 0.865. The van der Waals surface area contributed by atoms with Crippen LogP contribution in [0.5, 0.6) is 0 Å². The van der Waals surface area contributed by atoms with Crippen LogP contribution in [0.3, 0.4) is 0 Å². The third-order valence-corrected chi connectivity index (χ3v) is 5.00. The van der Waals surface area contributed by atoms with Gasteiger partial charge in [0.25, 0.3) is 5.91 Å². The van der Waals surface area contributed by atoms with Gasteiger partial charge in [-0.25, -0.2) is 13.6 Å². The fraction of sp³-hybridized carbons (Fsp3) is 0.462. The molecule has 3 N–H and O–H groups in total. The molecule has 0 heterocycles. The van der Waals surface area contributed by atoms with Crippen molar-refractivity contribution in [3.8, 4) is 0 Å². The number of sulfonamides is 1. The molecule has 1 aliphatic carbocycles. The number of nitrogens with one attached hydrogen (secondary N) is 1. The summed E-state index contributed by atoms with van der Waals surface area (Å²) in [6.45, 7) is 5.78. The van der Waals surface area contributed by atoms with E-state index < -0.39 is 10.0 Å². The van der Waals surface area contributed by atoms with E-state index in [2.05, 4.69) is 19.2 Å². The highest BCUT2D eigenvalue weighted by atomic mass is 35.5. The van der Waals surface area contributed by atoms with Crippen LogP contribution < -0.4 is 10.5 Å². The maximum absolute atomic E-state index is 12.2. The average Bonchev–Trinajstić information content (AvgIpc) is 2.87. The predicted octanol–water partition coefficient (Wildman–Crippen LogP) is 1.82. The molecule has 0 aliphatic heterocycles. The monoisotopic (exact) mass is 316 g/mol. The number of primary sulfonamides is 1. The molecule has 1 fully saturated rings. The second-order valence-electron chi connectivity index (χ2n) is 5.84. The molecule has 0 aromatic heterocycles. The van der Waals surface area contributed by atoms with E-state index in [1.165, 1.54) is 12.1 Å². The average molecular weight is 317 g/mol. The van der Waals surface area contributed by atoms with Gasteiger partial charge in [-0.3, -0.25) is 4.79 Å². The molecule has 1 unspecified atom stereocenters. The molecule has 7 heteroatoms. The summed E-state index contributed by atoms with van der Waals surface area (Å²) in [6.07, 6.45) is 0.903. The highest BCUT2D eigenvalue weighted by Crippen LogP contribution is 2.44. The van der Waals surface area contributed by atoms with Gasteiger partial charge in [-0.1, -0.05) is 25.4 Å². The van der Waals surface area contributed by atoms with E-state index in [0.717, 1.165) is 6.42 Å². The van der Waals surface area contributed by atoms with Crippen molar-refractivity contribution < 1.29 is 13.2 Å². The minimum atomic E-state index is -3.90. The van der Waals surface area contributed by atoms with Gasteiger partial charge in [0, 0.05) is 16.6 Å². The fourth-order valence-corrected chi connectivity index (χ4v) is 2.85. The zero-order valence-corrected chi connectivity index (χ0v) is 13.1. The van der Waals surface area contributed by atoms with E-state index in [-0.39, 0.29) is 32.8 Å². The second kappa shape index (κ2) is 4.72. The number of rotatable bonds is 3. The topological polar surface area (TPSA) is 89.3 Å². The van der Waals surface area contributed by atoms with E-state index in [1.807, 2.05) is 0 Å². The predicted molar refractivity (Wildman–Crippen MR) is 77.2 cm³/mol. The molecule has 0 spiro atoms. The zero-order valence-electron chi connectivity index (χ0n) is 11.5. The first-order chi connectivity index (χ1) is 9.02. The van der Waals surface area contributed by atoms with Gasteiger partial charge in [-0.15, -0.1) is 0 Å². The molecule has 1 amide bonds. The van der Waals surface area contributed by atoms with Gasteiger partial charge in [0.05, 0.1) is 4.90 Å². The first-order valence-corrected chi connectivity index (χ1v) is 8.08. The van der Waals surface area contributed by atoms with E-state index in [4.69, 9.17) is 16.7 Å². The van der Waals surface area contributed by atoms with Gasteiger partial charge in [0.2, 0.25) is 10.0 Å². The van der Waals surface area contributed by atoms with Crippen molar-refractivity contribution in [2.24, 2.45) is 10.6 Å². The van der Waals surface area contributed by atoms with Crippen molar-refractivity contribution >= 4 is 27.5 Å². The molecule has 110 valence electrons. The van der Waals surface area contributed by atoms with Crippen molar-refractivity contribution in [1.29, 1.82) is 0 Å². The third-order valence-electron chi connectivity index (χ3n) is 3.71. The van der Waals surface area contributed by atoms with Gasteiger partial charge < -0.3 is 5.32 Å². The van der Waals surface area contributed by atoms with Gasteiger partial charge >= 0.3 is 0 Å². The molecule has 1 aromatic carbocycles. The fourth-order valence-electron chi connectivity index (χ4n) is 2.00. The van der Waals surface area contributed by atoms with E-state index >= 15 is 0 Å². The van der Waals surface area contributed by atoms with Gasteiger partial charge in [0.15, 0.2) is 0 Å². The number of carbonyl (C=O) groups excluding carboxylic acids is 1. The molecule has 1 atom stereocenters. The molecular weight excluding hydrogens is 300 g/mol. The molecule has 1 saturated carbocycles. The van der Waals surface area contributed by atoms with Crippen LogP contribution in [0.1, 0.15) is 36.2 Å².